The summed E-state index contributed by atoms with van der Waals surface area (Å²) in [6, 6.07) is 7.59. The first kappa shape index (κ1) is 18.2. The number of carbonyl (C=O) groups excluding carboxylic acids is 1. The van der Waals surface area contributed by atoms with Crippen LogP contribution in [-0.4, -0.2) is 37.8 Å². The van der Waals surface area contributed by atoms with E-state index in [0.717, 1.165) is 23.1 Å². The van der Waals surface area contributed by atoms with Crippen LogP contribution in [0.2, 0.25) is 0 Å². The van der Waals surface area contributed by atoms with Gasteiger partial charge >= 0.3 is 0 Å². The Morgan fingerprint density at radius 2 is 2.29 bits per heavy atom. The second-order valence-corrected chi connectivity index (χ2v) is 5.57. The van der Waals surface area contributed by atoms with Gasteiger partial charge in [0.2, 0.25) is 5.91 Å². The van der Waals surface area contributed by atoms with Gasteiger partial charge in [0.05, 0.1) is 12.6 Å². The van der Waals surface area contributed by atoms with E-state index in [2.05, 4.69) is 21.2 Å². The fraction of sp³-hybridized carbons (Fsp3) is 0.500. The number of hydrogen-bond acceptors (Lipinski definition) is 4. The van der Waals surface area contributed by atoms with Gasteiger partial charge in [-0.25, -0.2) is 0 Å². The number of carbonyl (C=O) groups is 1. The number of ether oxygens (including phenoxy) is 2. The van der Waals surface area contributed by atoms with Crippen LogP contribution < -0.4 is 15.8 Å². The van der Waals surface area contributed by atoms with E-state index in [-0.39, 0.29) is 30.5 Å². The van der Waals surface area contributed by atoms with Gasteiger partial charge in [0, 0.05) is 11.0 Å². The van der Waals surface area contributed by atoms with Crippen LogP contribution in [0.5, 0.6) is 5.75 Å². The lowest BCUT2D eigenvalue weighted by Gasteiger charge is -2.13. The predicted octanol–water partition coefficient (Wildman–Crippen LogP) is 1.87. The van der Waals surface area contributed by atoms with E-state index < -0.39 is 0 Å². The molecular formula is C14H20BrClN2O3. The zero-order valence-electron chi connectivity index (χ0n) is 11.6. The lowest BCUT2D eigenvalue weighted by atomic mass is 10.2. The van der Waals surface area contributed by atoms with Gasteiger partial charge < -0.3 is 20.5 Å². The van der Waals surface area contributed by atoms with Crippen LogP contribution >= 0.6 is 28.3 Å². The molecule has 5 nitrogen and oxygen atoms in total. The molecule has 1 saturated heterocycles. The van der Waals surface area contributed by atoms with E-state index in [1.54, 1.807) is 0 Å². The maximum atomic E-state index is 11.8. The molecule has 2 rings (SSSR count). The Kier molecular flexibility index (Phi) is 8.03. The van der Waals surface area contributed by atoms with Crippen LogP contribution in [0, 0.1) is 0 Å². The van der Waals surface area contributed by atoms with Crippen molar-refractivity contribution in [3.63, 3.8) is 0 Å². The van der Waals surface area contributed by atoms with Crippen LogP contribution in [0.15, 0.2) is 28.7 Å². The highest BCUT2D eigenvalue weighted by Crippen LogP contribution is 2.19. The minimum Gasteiger partial charge on any atom is -0.492 e. The summed E-state index contributed by atoms with van der Waals surface area (Å²) >= 11 is 3.37. The first-order valence-corrected chi connectivity index (χ1v) is 7.50. The predicted molar refractivity (Wildman–Crippen MR) is 86.8 cm³/mol. The van der Waals surface area contributed by atoms with Gasteiger partial charge in [0.1, 0.15) is 18.5 Å². The Morgan fingerprint density at radius 3 is 2.95 bits per heavy atom. The number of benzene rings is 1. The summed E-state index contributed by atoms with van der Waals surface area (Å²) in [4.78, 5) is 11.8. The van der Waals surface area contributed by atoms with Gasteiger partial charge in [-0.15, -0.1) is 12.4 Å². The smallest absolute Gasteiger partial charge is 0.249 e. The molecule has 1 fully saturated rings. The van der Waals surface area contributed by atoms with Crippen molar-refractivity contribution in [2.24, 2.45) is 5.73 Å². The molecule has 1 aromatic rings. The normalized spacial score (nSPS) is 20.7. The second kappa shape index (κ2) is 9.25. The first-order chi connectivity index (χ1) is 9.69. The molecule has 1 aromatic carbocycles. The standard InChI is InChI=1S/C14H19BrN2O3.ClH/c15-10-2-1-3-11(8-10)19-7-6-17-14(18)13-5-4-12(9-16)20-13;/h1-3,8,12-13H,4-7,9,16H2,(H,17,18);1H/t12-,13+;/m1./s1. The third kappa shape index (κ3) is 5.82. The van der Waals surface area contributed by atoms with E-state index in [9.17, 15) is 4.79 Å². The van der Waals surface area contributed by atoms with Gasteiger partial charge in [-0.3, -0.25) is 4.79 Å². The van der Waals surface area contributed by atoms with Crippen LogP contribution in [0.4, 0.5) is 0 Å². The maximum Gasteiger partial charge on any atom is 0.249 e. The van der Waals surface area contributed by atoms with Crippen LogP contribution in [0.25, 0.3) is 0 Å². The molecule has 3 N–H and O–H groups in total. The molecule has 2 atom stereocenters. The minimum absolute atomic E-state index is 0. The van der Waals surface area contributed by atoms with Crippen LogP contribution in [0.1, 0.15) is 12.8 Å². The van der Waals surface area contributed by atoms with Gasteiger partial charge in [0.15, 0.2) is 0 Å². The topological polar surface area (TPSA) is 73.6 Å². The van der Waals surface area contributed by atoms with Gasteiger partial charge in [-0.05, 0) is 31.0 Å². The summed E-state index contributed by atoms with van der Waals surface area (Å²) in [6.07, 6.45) is 1.24. The van der Waals surface area contributed by atoms with E-state index in [1.807, 2.05) is 24.3 Å². The molecule has 0 bridgehead atoms. The molecule has 0 radical (unpaired) electrons. The quantitative estimate of drug-likeness (QED) is 0.740. The van der Waals surface area contributed by atoms with E-state index >= 15 is 0 Å². The summed E-state index contributed by atoms with van der Waals surface area (Å²) in [5.74, 6) is 0.688. The van der Waals surface area contributed by atoms with Gasteiger partial charge in [-0.1, -0.05) is 22.0 Å². The minimum atomic E-state index is -0.366. The Bertz CT molecular complexity index is 462. The molecule has 1 aliphatic heterocycles. The van der Waals surface area contributed by atoms with Crippen molar-refractivity contribution >= 4 is 34.2 Å². The highest BCUT2D eigenvalue weighted by atomic mass is 79.9. The van der Waals surface area contributed by atoms with Crippen LogP contribution in [0.3, 0.4) is 0 Å². The fourth-order valence-electron chi connectivity index (χ4n) is 2.09. The molecule has 1 heterocycles. The molecule has 0 aliphatic carbocycles. The molecule has 0 spiro atoms. The number of halogens is 2. The Morgan fingerprint density at radius 1 is 1.48 bits per heavy atom. The van der Waals surface area contributed by atoms with E-state index in [1.165, 1.54) is 0 Å². The number of rotatable bonds is 6. The molecule has 0 unspecified atom stereocenters. The first-order valence-electron chi connectivity index (χ1n) is 6.70. The summed E-state index contributed by atoms with van der Waals surface area (Å²) in [5.41, 5.74) is 5.51. The molecule has 0 saturated carbocycles. The number of hydrogen-bond donors (Lipinski definition) is 2. The number of nitrogens with two attached hydrogens (primary N) is 1. The highest BCUT2D eigenvalue weighted by molar-refractivity contribution is 9.10. The molecule has 1 aliphatic rings. The monoisotopic (exact) mass is 378 g/mol. The number of nitrogens with one attached hydrogen (secondary N) is 1. The lowest BCUT2D eigenvalue weighted by Crippen LogP contribution is -2.37. The second-order valence-electron chi connectivity index (χ2n) is 4.66. The zero-order chi connectivity index (χ0) is 14.4. The average molecular weight is 380 g/mol. The van der Waals surface area contributed by atoms with E-state index in [4.69, 9.17) is 15.2 Å². The molecule has 7 heteroatoms. The zero-order valence-corrected chi connectivity index (χ0v) is 14.0. The molecular weight excluding hydrogens is 360 g/mol. The molecule has 0 aromatic heterocycles. The molecule has 21 heavy (non-hydrogen) atoms. The Balaban J connectivity index is 0.00000220. The molecule has 1 amide bonds. The van der Waals surface area contributed by atoms with Crippen molar-refractivity contribution in [3.05, 3.63) is 28.7 Å². The van der Waals surface area contributed by atoms with Crippen molar-refractivity contribution < 1.29 is 14.3 Å². The van der Waals surface area contributed by atoms with Crippen molar-refractivity contribution in [2.45, 2.75) is 25.0 Å². The van der Waals surface area contributed by atoms with Crippen molar-refractivity contribution in [3.8, 4) is 5.75 Å². The highest BCUT2D eigenvalue weighted by Gasteiger charge is 2.29. The molecule has 118 valence electrons. The number of amides is 1. The largest absolute Gasteiger partial charge is 0.492 e. The summed E-state index contributed by atoms with van der Waals surface area (Å²) in [6.45, 7) is 1.35. The summed E-state index contributed by atoms with van der Waals surface area (Å²) < 4.78 is 12.0. The van der Waals surface area contributed by atoms with E-state index in [0.29, 0.717) is 19.7 Å². The van der Waals surface area contributed by atoms with Gasteiger partial charge in [0.25, 0.3) is 0 Å². The van der Waals surface area contributed by atoms with Crippen molar-refractivity contribution in [2.75, 3.05) is 19.7 Å². The average Bonchev–Trinajstić information content (AvgIpc) is 2.92. The fourth-order valence-corrected chi connectivity index (χ4v) is 2.46. The summed E-state index contributed by atoms with van der Waals surface area (Å²) in [5, 5.41) is 2.81. The van der Waals surface area contributed by atoms with Crippen molar-refractivity contribution in [1.29, 1.82) is 0 Å². The third-order valence-electron chi connectivity index (χ3n) is 3.13. The SMILES string of the molecule is Cl.NC[C@H]1CC[C@@H](C(=O)NCCOc2cccc(Br)c2)O1. The Labute approximate surface area is 139 Å². The summed E-state index contributed by atoms with van der Waals surface area (Å²) in [7, 11) is 0. The third-order valence-corrected chi connectivity index (χ3v) is 3.62. The maximum absolute atomic E-state index is 11.8. The van der Waals surface area contributed by atoms with Crippen LogP contribution in [-0.2, 0) is 9.53 Å². The van der Waals surface area contributed by atoms with Crippen molar-refractivity contribution in [1.82, 2.24) is 5.32 Å². The van der Waals surface area contributed by atoms with Gasteiger partial charge in [-0.2, -0.15) is 0 Å². The lowest BCUT2D eigenvalue weighted by molar-refractivity contribution is -0.131. The Hall–Kier alpha value is -0.820.